The molecule has 0 radical (unpaired) electrons. The van der Waals surface area contributed by atoms with Gasteiger partial charge in [-0.15, -0.1) is 0 Å². The van der Waals surface area contributed by atoms with E-state index in [1.165, 1.54) is 83.6 Å². The maximum atomic E-state index is 9.67. The molecular formula is C16H30F3N. The lowest BCUT2D eigenvalue weighted by atomic mass is 9.83. The zero-order valence-electron chi connectivity index (χ0n) is 12.6. The first-order valence-corrected chi connectivity index (χ1v) is 8.35. The van der Waals surface area contributed by atoms with Crippen molar-refractivity contribution >= 4 is 0 Å². The Hall–Kier alpha value is -0.250. The second-order valence-electron chi connectivity index (χ2n) is 6.12. The summed E-state index contributed by atoms with van der Waals surface area (Å²) in [7, 11) is 0. The Labute approximate surface area is 121 Å². The second-order valence-corrected chi connectivity index (χ2v) is 6.12. The van der Waals surface area contributed by atoms with Gasteiger partial charge in [-0.1, -0.05) is 51.4 Å². The molecule has 1 N–H and O–H groups in total. The summed E-state index contributed by atoms with van der Waals surface area (Å²) in [6.45, 7) is -2.39. The Morgan fingerprint density at radius 3 is 1.70 bits per heavy atom. The molecule has 4 heteroatoms. The van der Waals surface area contributed by atoms with Gasteiger partial charge in [-0.2, -0.15) is 13.2 Å². The van der Waals surface area contributed by atoms with Gasteiger partial charge in [0, 0.05) is 6.04 Å². The molecule has 20 heavy (non-hydrogen) atoms. The van der Waals surface area contributed by atoms with Gasteiger partial charge in [-0.25, -0.2) is 0 Å². The van der Waals surface area contributed by atoms with Crippen molar-refractivity contribution in [3.63, 3.8) is 0 Å². The van der Waals surface area contributed by atoms with Crippen molar-refractivity contribution in [2.75, 3.05) is 6.54 Å². The van der Waals surface area contributed by atoms with Gasteiger partial charge in [0.05, 0.1) is 0 Å². The standard InChI is InChI=1S/C15H29N.CHF3/c1-2-6-10-14(11-7-3-1)15-12-8-4-5-9-13-16-15;2-1(3)4/h14-16H,1-13H2;1H. The molecule has 0 aromatic rings. The third-order valence-corrected chi connectivity index (χ3v) is 4.57. The van der Waals surface area contributed by atoms with Gasteiger partial charge >= 0.3 is 6.68 Å². The summed E-state index contributed by atoms with van der Waals surface area (Å²) in [4.78, 5) is 0. The molecule has 1 atom stereocenters. The van der Waals surface area contributed by atoms with E-state index in [2.05, 4.69) is 5.32 Å². The summed E-state index contributed by atoms with van der Waals surface area (Å²) in [5.74, 6) is 0.999. The first kappa shape index (κ1) is 17.8. The fourth-order valence-corrected chi connectivity index (χ4v) is 3.52. The highest BCUT2D eigenvalue weighted by Crippen LogP contribution is 2.27. The third-order valence-electron chi connectivity index (χ3n) is 4.57. The number of hydrogen-bond acceptors (Lipinski definition) is 1. The van der Waals surface area contributed by atoms with Crippen LogP contribution in [0.4, 0.5) is 13.2 Å². The van der Waals surface area contributed by atoms with Gasteiger partial charge in [0.25, 0.3) is 0 Å². The average molecular weight is 293 g/mol. The van der Waals surface area contributed by atoms with E-state index in [9.17, 15) is 13.2 Å². The molecule has 1 heterocycles. The van der Waals surface area contributed by atoms with Crippen LogP contribution in [0.2, 0.25) is 0 Å². The lowest BCUT2D eigenvalue weighted by Gasteiger charge is -2.31. The van der Waals surface area contributed by atoms with Crippen molar-refractivity contribution in [3.8, 4) is 0 Å². The molecule has 0 aromatic heterocycles. The van der Waals surface area contributed by atoms with Crippen LogP contribution in [0.1, 0.15) is 77.0 Å². The van der Waals surface area contributed by atoms with E-state index in [0.29, 0.717) is 0 Å². The molecule has 2 fully saturated rings. The highest BCUT2D eigenvalue weighted by molar-refractivity contribution is 4.79. The molecule has 1 saturated carbocycles. The maximum absolute atomic E-state index is 9.67. The SMILES string of the molecule is C1CCCC(C2CCCCCCN2)CCC1.FC(F)F. The number of alkyl halides is 3. The first-order chi connectivity index (χ1) is 9.70. The van der Waals surface area contributed by atoms with Gasteiger partial charge < -0.3 is 5.32 Å². The van der Waals surface area contributed by atoms with Crippen LogP contribution in [0.5, 0.6) is 0 Å². The van der Waals surface area contributed by atoms with E-state index in [-0.39, 0.29) is 0 Å². The van der Waals surface area contributed by atoms with Crippen molar-refractivity contribution in [2.45, 2.75) is 89.8 Å². The van der Waals surface area contributed by atoms with Crippen LogP contribution in [-0.2, 0) is 0 Å². The number of hydrogen-bond donors (Lipinski definition) is 1. The largest absolute Gasteiger partial charge is 0.379 e. The minimum absolute atomic E-state index is 0.860. The van der Waals surface area contributed by atoms with Gasteiger partial charge in [0.15, 0.2) is 0 Å². The summed E-state index contributed by atoms with van der Waals surface area (Å²) < 4.78 is 29.0. The average Bonchev–Trinajstić information content (AvgIpc) is 2.28. The molecule has 120 valence electrons. The normalized spacial score (nSPS) is 26.7. The maximum Gasteiger partial charge on any atom is 0.379 e. The minimum atomic E-state index is -3.67. The van der Waals surface area contributed by atoms with Crippen molar-refractivity contribution < 1.29 is 13.2 Å². The summed E-state index contributed by atoms with van der Waals surface area (Å²) in [5, 5.41) is 3.84. The molecule has 1 aliphatic carbocycles. The van der Waals surface area contributed by atoms with Crippen LogP contribution in [-0.4, -0.2) is 19.3 Å². The van der Waals surface area contributed by atoms with Gasteiger partial charge in [0.2, 0.25) is 0 Å². The number of rotatable bonds is 1. The predicted molar refractivity (Wildman–Crippen MR) is 77.8 cm³/mol. The van der Waals surface area contributed by atoms with Gasteiger partial charge in [0.1, 0.15) is 0 Å². The topological polar surface area (TPSA) is 12.0 Å². The molecule has 2 aliphatic rings. The molecule has 1 saturated heterocycles. The van der Waals surface area contributed by atoms with E-state index < -0.39 is 6.68 Å². The quantitative estimate of drug-likeness (QED) is 0.678. The number of nitrogens with one attached hydrogen (secondary N) is 1. The zero-order chi connectivity index (χ0) is 14.6. The van der Waals surface area contributed by atoms with E-state index in [1.54, 1.807) is 0 Å². The monoisotopic (exact) mass is 293 g/mol. The Kier molecular flexibility index (Phi) is 10.2. The van der Waals surface area contributed by atoms with Crippen LogP contribution >= 0.6 is 0 Å². The van der Waals surface area contributed by atoms with E-state index >= 15 is 0 Å². The predicted octanol–water partition coefficient (Wildman–Crippen LogP) is 5.45. The minimum Gasteiger partial charge on any atom is -0.314 e. The lowest BCUT2D eigenvalue weighted by Crippen LogP contribution is -2.38. The zero-order valence-corrected chi connectivity index (χ0v) is 12.6. The lowest BCUT2D eigenvalue weighted by molar-refractivity contribution is 0.00819. The summed E-state index contributed by atoms with van der Waals surface area (Å²) >= 11 is 0. The molecule has 0 bridgehead atoms. The highest BCUT2D eigenvalue weighted by atomic mass is 19.4. The Morgan fingerprint density at radius 1 is 0.650 bits per heavy atom. The Morgan fingerprint density at radius 2 is 1.10 bits per heavy atom. The smallest absolute Gasteiger partial charge is 0.314 e. The molecular weight excluding hydrogens is 263 g/mol. The van der Waals surface area contributed by atoms with E-state index in [4.69, 9.17) is 0 Å². The first-order valence-electron chi connectivity index (χ1n) is 8.35. The number of halogens is 3. The molecule has 1 nitrogen and oxygen atoms in total. The molecule has 1 unspecified atom stereocenters. The van der Waals surface area contributed by atoms with E-state index in [1.807, 2.05) is 0 Å². The summed E-state index contributed by atoms with van der Waals surface area (Å²) in [6.07, 6.45) is 17.7. The van der Waals surface area contributed by atoms with Crippen LogP contribution in [0, 0.1) is 5.92 Å². The van der Waals surface area contributed by atoms with Crippen molar-refractivity contribution in [1.82, 2.24) is 5.32 Å². The van der Waals surface area contributed by atoms with Crippen molar-refractivity contribution in [1.29, 1.82) is 0 Å². The Bertz CT molecular complexity index is 185. The fourth-order valence-electron chi connectivity index (χ4n) is 3.52. The van der Waals surface area contributed by atoms with Crippen LogP contribution in [0.15, 0.2) is 0 Å². The van der Waals surface area contributed by atoms with Crippen molar-refractivity contribution in [3.05, 3.63) is 0 Å². The van der Waals surface area contributed by atoms with Gasteiger partial charge in [-0.05, 0) is 38.1 Å². The van der Waals surface area contributed by atoms with Crippen LogP contribution in [0.3, 0.4) is 0 Å². The van der Waals surface area contributed by atoms with Gasteiger partial charge in [-0.3, -0.25) is 0 Å². The van der Waals surface area contributed by atoms with Crippen LogP contribution in [0.25, 0.3) is 0 Å². The third kappa shape index (κ3) is 8.83. The van der Waals surface area contributed by atoms with Crippen molar-refractivity contribution in [2.24, 2.45) is 5.92 Å². The molecule has 0 spiro atoms. The molecule has 0 amide bonds. The Balaban J connectivity index is 0.000000444. The molecule has 2 rings (SSSR count). The summed E-state index contributed by atoms with van der Waals surface area (Å²) in [6, 6.07) is 0.860. The highest BCUT2D eigenvalue weighted by Gasteiger charge is 2.21. The fraction of sp³-hybridized carbons (Fsp3) is 1.00. The summed E-state index contributed by atoms with van der Waals surface area (Å²) in [5.41, 5.74) is 0. The second kappa shape index (κ2) is 11.4. The molecule has 0 aromatic carbocycles. The van der Waals surface area contributed by atoms with Crippen LogP contribution < -0.4 is 5.32 Å². The van der Waals surface area contributed by atoms with E-state index in [0.717, 1.165) is 12.0 Å². The molecule has 1 aliphatic heterocycles.